The molecule has 0 radical (unpaired) electrons. The third-order valence-corrected chi connectivity index (χ3v) is 1.02. The molecule has 0 aliphatic rings. The molecule has 0 aromatic carbocycles. The quantitative estimate of drug-likeness (QED) is 0.379. The minimum absolute atomic E-state index is 0. The van der Waals surface area contributed by atoms with Crippen LogP contribution in [-0.4, -0.2) is 92.8 Å². The zero-order valence-corrected chi connectivity index (χ0v) is 15.1. The van der Waals surface area contributed by atoms with E-state index in [-0.39, 0.29) is 41.3 Å². The number of carboxylic acids is 3. The van der Waals surface area contributed by atoms with Crippen molar-refractivity contribution in [2.24, 2.45) is 0 Å². The van der Waals surface area contributed by atoms with Gasteiger partial charge in [0.25, 0.3) is 0 Å². The van der Waals surface area contributed by atoms with Gasteiger partial charge in [-0.2, -0.15) is 0 Å². The van der Waals surface area contributed by atoms with Crippen LogP contribution in [0.2, 0.25) is 0 Å². The van der Waals surface area contributed by atoms with E-state index in [9.17, 15) is 29.7 Å². The van der Waals surface area contributed by atoms with E-state index in [0.717, 1.165) is 20.8 Å². The number of aliphatic carboxylic acids is 3. The Morgan fingerprint density at radius 3 is 0.750 bits per heavy atom. The summed E-state index contributed by atoms with van der Waals surface area (Å²) < 4.78 is 0. The Kier molecular flexibility index (Phi) is 29.6. The van der Waals surface area contributed by atoms with Crippen LogP contribution in [0.15, 0.2) is 0 Å². The molecule has 0 heterocycles. The second-order valence-electron chi connectivity index (χ2n) is 2.99. The molecule has 0 fully saturated rings. The molecule has 3 unspecified atom stereocenters. The zero-order chi connectivity index (χ0) is 15.5. The van der Waals surface area contributed by atoms with Gasteiger partial charge in [-0.15, -0.1) is 0 Å². The molecule has 0 aliphatic heterocycles. The van der Waals surface area contributed by atoms with Crippen molar-refractivity contribution in [3.8, 4) is 0 Å². The summed E-state index contributed by atoms with van der Waals surface area (Å²) in [6.07, 6.45) is -4.03. The number of carbonyl (C=O) groups is 3. The Balaban J connectivity index is -0.0000000536. The van der Waals surface area contributed by atoms with E-state index in [1.807, 2.05) is 0 Å². The molecule has 0 amide bonds. The Bertz CT molecular complexity index is 225. The van der Waals surface area contributed by atoms with Gasteiger partial charge in [0.05, 0.1) is 36.2 Å². The molecule has 0 aliphatic carbocycles. The van der Waals surface area contributed by atoms with Gasteiger partial charge in [0.1, 0.15) is 0 Å². The summed E-state index contributed by atoms with van der Waals surface area (Å²) in [5.41, 5.74) is 0. The molecule has 0 aromatic rings. The maximum Gasteiger partial charge on any atom is 4.00 e. The Hall–Kier alpha value is -0.379. The summed E-state index contributed by atoms with van der Waals surface area (Å²) in [4.78, 5) is 28.0. The Morgan fingerprint density at radius 2 is 0.750 bits per heavy atom. The van der Waals surface area contributed by atoms with Crippen molar-refractivity contribution in [3.63, 3.8) is 0 Å². The first-order valence-electron chi connectivity index (χ1n) is 4.60. The molecule has 3 N–H and O–H groups in total. The Morgan fingerprint density at radius 1 is 0.700 bits per heavy atom. The summed E-state index contributed by atoms with van der Waals surface area (Å²) >= 11 is 0. The van der Waals surface area contributed by atoms with Crippen LogP contribution in [0.5, 0.6) is 0 Å². The molecule has 0 aromatic heterocycles. The predicted molar refractivity (Wildman–Crippen MR) is 61.6 cm³/mol. The minimum Gasteiger partial charge on any atom is -0.547 e. The van der Waals surface area contributed by atoms with Crippen molar-refractivity contribution >= 4 is 59.2 Å². The van der Waals surface area contributed by atoms with E-state index >= 15 is 0 Å². The molecule has 108 valence electrons. The van der Waals surface area contributed by atoms with Gasteiger partial charge < -0.3 is 45.0 Å². The SMILES string of the molecule is CC(O)C(=O)[O-].CC(O)C(=O)[O-].CC(O)C(=O)[O-].[Al+3].[Sn+4]. The molecule has 11 heteroatoms. The van der Waals surface area contributed by atoms with Gasteiger partial charge in [0, 0.05) is 0 Å². The maximum absolute atomic E-state index is 9.34. The Labute approximate surface area is 143 Å². The van der Waals surface area contributed by atoms with E-state index in [1.165, 1.54) is 0 Å². The van der Waals surface area contributed by atoms with Crippen molar-refractivity contribution in [1.29, 1.82) is 0 Å². The van der Waals surface area contributed by atoms with E-state index in [1.54, 1.807) is 0 Å². The van der Waals surface area contributed by atoms with Crippen LogP contribution in [0.4, 0.5) is 0 Å². The second kappa shape index (κ2) is 18.6. The van der Waals surface area contributed by atoms with Crippen molar-refractivity contribution in [2.75, 3.05) is 0 Å². The molecule has 0 spiro atoms. The second-order valence-corrected chi connectivity index (χ2v) is 2.99. The molecule has 0 bridgehead atoms. The average Bonchev–Trinajstić information content (AvgIpc) is 2.18. The number of hydrogen-bond acceptors (Lipinski definition) is 9. The zero-order valence-electron chi connectivity index (χ0n) is 11.1. The topological polar surface area (TPSA) is 181 Å². The fourth-order valence-electron chi connectivity index (χ4n) is 0. The van der Waals surface area contributed by atoms with Gasteiger partial charge in [-0.05, 0) is 20.8 Å². The van der Waals surface area contributed by atoms with Gasteiger partial charge in [-0.25, -0.2) is 0 Å². The monoisotopic (exact) mass is 414 g/mol. The van der Waals surface area contributed by atoms with E-state index in [4.69, 9.17) is 15.3 Å². The van der Waals surface area contributed by atoms with Crippen LogP contribution >= 0.6 is 0 Å². The number of carboxylic acid groups (broad SMARTS) is 3. The van der Waals surface area contributed by atoms with Gasteiger partial charge in [0.2, 0.25) is 0 Å². The van der Waals surface area contributed by atoms with Crippen LogP contribution in [0, 0.1) is 0 Å². The molecular formula is C9H15AlO9Sn+4. The maximum atomic E-state index is 9.34. The summed E-state index contributed by atoms with van der Waals surface area (Å²) in [6.45, 7) is 3.40. The molecule has 9 nitrogen and oxygen atoms in total. The fraction of sp³-hybridized carbons (Fsp3) is 0.667. The summed E-state index contributed by atoms with van der Waals surface area (Å²) in [7, 11) is 0. The van der Waals surface area contributed by atoms with Crippen molar-refractivity contribution in [3.05, 3.63) is 0 Å². The van der Waals surface area contributed by atoms with Crippen LogP contribution < -0.4 is 15.3 Å². The predicted octanol–water partition coefficient (Wildman–Crippen LogP) is -6.41. The number of carbonyl (C=O) groups excluding carboxylic acids is 3. The first kappa shape index (κ1) is 31.8. The fourth-order valence-corrected chi connectivity index (χ4v) is 0. The van der Waals surface area contributed by atoms with Crippen LogP contribution in [-0.2, 0) is 14.4 Å². The first-order chi connectivity index (χ1) is 7.93. The molecule has 3 atom stereocenters. The smallest absolute Gasteiger partial charge is 0.547 e. The van der Waals surface area contributed by atoms with Crippen molar-refractivity contribution in [2.45, 2.75) is 39.1 Å². The van der Waals surface area contributed by atoms with Crippen LogP contribution in [0.1, 0.15) is 20.8 Å². The van der Waals surface area contributed by atoms with Crippen LogP contribution in [0.25, 0.3) is 0 Å². The normalized spacial score (nSPS) is 12.3. The number of rotatable bonds is 3. The number of hydrogen-bond donors (Lipinski definition) is 3. The largest absolute Gasteiger partial charge is 4.00 e. The van der Waals surface area contributed by atoms with Crippen molar-refractivity contribution in [1.82, 2.24) is 0 Å². The minimum atomic E-state index is -1.44. The number of aliphatic hydroxyl groups excluding tert-OH is 3. The van der Waals surface area contributed by atoms with Crippen molar-refractivity contribution < 1.29 is 45.0 Å². The third-order valence-electron chi connectivity index (χ3n) is 1.02. The van der Waals surface area contributed by atoms with Gasteiger partial charge in [0.15, 0.2) is 0 Å². The molecule has 0 rings (SSSR count). The van der Waals surface area contributed by atoms with Crippen LogP contribution in [0.3, 0.4) is 0 Å². The number of aliphatic hydroxyl groups is 3. The summed E-state index contributed by atoms with van der Waals surface area (Å²) in [6, 6.07) is 0. The van der Waals surface area contributed by atoms with Gasteiger partial charge in [-0.1, -0.05) is 0 Å². The molecular weight excluding hydrogens is 398 g/mol. The summed E-state index contributed by atoms with van der Waals surface area (Å²) in [5.74, 6) is -4.31. The van der Waals surface area contributed by atoms with E-state index in [0.29, 0.717) is 0 Å². The molecule has 0 saturated carbocycles. The average molecular weight is 413 g/mol. The molecule has 0 saturated heterocycles. The van der Waals surface area contributed by atoms with E-state index < -0.39 is 36.2 Å². The summed E-state index contributed by atoms with van der Waals surface area (Å²) in [5, 5.41) is 51.9. The van der Waals surface area contributed by atoms with Gasteiger partial charge >= 0.3 is 41.3 Å². The first-order valence-corrected chi connectivity index (χ1v) is 4.60. The third kappa shape index (κ3) is 36.0. The standard InChI is InChI=1S/3C3H6O3.Al.Sn/c3*1-2(4)3(5)6;;/h3*2,4H,1H3,(H,5,6);;/q;;;+3;+4/p-3. The van der Waals surface area contributed by atoms with Gasteiger partial charge in [-0.3, -0.25) is 0 Å². The molecule has 20 heavy (non-hydrogen) atoms. The van der Waals surface area contributed by atoms with E-state index in [2.05, 4.69) is 0 Å².